The lowest BCUT2D eigenvalue weighted by Crippen LogP contribution is -2.29. The van der Waals surface area contributed by atoms with Gasteiger partial charge in [-0.25, -0.2) is 0 Å². The van der Waals surface area contributed by atoms with Crippen molar-refractivity contribution in [1.82, 2.24) is 10.4 Å². The molecule has 1 unspecified atom stereocenters. The highest BCUT2D eigenvalue weighted by Gasteiger charge is 2.14. The first kappa shape index (κ1) is 15.8. The summed E-state index contributed by atoms with van der Waals surface area (Å²) in [5.41, 5.74) is 4.75. The van der Waals surface area contributed by atoms with Crippen LogP contribution in [0.2, 0.25) is 0 Å². The van der Waals surface area contributed by atoms with Crippen molar-refractivity contribution in [3.05, 3.63) is 52.3 Å². The molecule has 112 valence electrons. The van der Waals surface area contributed by atoms with Crippen molar-refractivity contribution in [2.75, 3.05) is 14.2 Å². The van der Waals surface area contributed by atoms with E-state index < -0.39 is 0 Å². The predicted molar refractivity (Wildman–Crippen MR) is 85.3 cm³/mol. The Labute approximate surface area is 132 Å². The van der Waals surface area contributed by atoms with Crippen LogP contribution in [0.15, 0.2) is 41.0 Å². The van der Waals surface area contributed by atoms with E-state index in [4.69, 9.17) is 15.3 Å². The van der Waals surface area contributed by atoms with Crippen LogP contribution in [0.25, 0.3) is 0 Å². The lowest BCUT2D eigenvalue weighted by atomic mass is 10.0. The Bertz CT molecular complexity index is 568. The summed E-state index contributed by atoms with van der Waals surface area (Å²) < 4.78 is 11.5. The molecule has 2 aromatic rings. The largest absolute Gasteiger partial charge is 0.497 e. The van der Waals surface area contributed by atoms with E-state index in [-0.39, 0.29) is 6.04 Å². The summed E-state index contributed by atoms with van der Waals surface area (Å²) in [6, 6.07) is 9.54. The van der Waals surface area contributed by atoms with Crippen LogP contribution in [0, 0.1) is 0 Å². The highest BCUT2D eigenvalue weighted by atomic mass is 79.9. The summed E-state index contributed by atoms with van der Waals surface area (Å²) in [5.74, 6) is 7.16. The Morgan fingerprint density at radius 3 is 2.33 bits per heavy atom. The van der Waals surface area contributed by atoms with E-state index in [1.54, 1.807) is 20.4 Å². The third kappa shape index (κ3) is 4.17. The minimum absolute atomic E-state index is 0.0809. The molecule has 0 saturated carbocycles. The number of hydrogen-bond donors (Lipinski definition) is 2. The summed E-state index contributed by atoms with van der Waals surface area (Å²) in [6.07, 6.45) is 2.44. The standard InChI is InChI=1S/C15H18BrN3O2/c1-20-13-5-10(6-14(8-13)21-2)15(19-17)7-12-4-3-11(16)9-18-12/h3-6,8-9,15,19H,7,17H2,1-2H3. The van der Waals surface area contributed by atoms with Crippen LogP contribution < -0.4 is 20.7 Å². The molecule has 0 aliphatic heterocycles. The van der Waals surface area contributed by atoms with Crippen LogP contribution >= 0.6 is 15.9 Å². The van der Waals surface area contributed by atoms with Crippen molar-refractivity contribution in [3.8, 4) is 11.5 Å². The Kier molecular flexibility index (Phi) is 5.55. The van der Waals surface area contributed by atoms with E-state index in [1.807, 2.05) is 30.3 Å². The molecule has 0 saturated heterocycles. The smallest absolute Gasteiger partial charge is 0.122 e. The van der Waals surface area contributed by atoms with Gasteiger partial charge in [0.1, 0.15) is 11.5 Å². The number of nitrogens with one attached hydrogen (secondary N) is 1. The van der Waals surface area contributed by atoms with Gasteiger partial charge >= 0.3 is 0 Å². The summed E-state index contributed by atoms with van der Waals surface area (Å²) in [7, 11) is 3.25. The van der Waals surface area contributed by atoms with Crippen molar-refractivity contribution in [3.63, 3.8) is 0 Å². The molecule has 0 aliphatic carbocycles. The number of aromatic nitrogens is 1. The first-order valence-electron chi connectivity index (χ1n) is 6.45. The van der Waals surface area contributed by atoms with Gasteiger partial charge in [0.15, 0.2) is 0 Å². The van der Waals surface area contributed by atoms with Gasteiger partial charge in [-0.15, -0.1) is 0 Å². The highest BCUT2D eigenvalue weighted by Crippen LogP contribution is 2.27. The summed E-state index contributed by atoms with van der Waals surface area (Å²) in [6.45, 7) is 0. The average molecular weight is 352 g/mol. The quantitative estimate of drug-likeness (QED) is 0.618. The zero-order valence-corrected chi connectivity index (χ0v) is 13.6. The fourth-order valence-electron chi connectivity index (χ4n) is 2.04. The molecule has 3 N–H and O–H groups in total. The fourth-order valence-corrected chi connectivity index (χ4v) is 2.27. The van der Waals surface area contributed by atoms with E-state index in [2.05, 4.69) is 26.3 Å². The maximum absolute atomic E-state index is 5.70. The van der Waals surface area contributed by atoms with Crippen molar-refractivity contribution in [2.45, 2.75) is 12.5 Å². The number of methoxy groups -OCH3 is 2. The summed E-state index contributed by atoms with van der Waals surface area (Å²) in [5, 5.41) is 0. The third-order valence-electron chi connectivity index (χ3n) is 3.18. The minimum Gasteiger partial charge on any atom is -0.497 e. The van der Waals surface area contributed by atoms with E-state index in [0.717, 1.165) is 27.2 Å². The van der Waals surface area contributed by atoms with Crippen molar-refractivity contribution >= 4 is 15.9 Å². The topological polar surface area (TPSA) is 69.4 Å². The maximum atomic E-state index is 5.70. The van der Waals surface area contributed by atoms with E-state index in [9.17, 15) is 0 Å². The Morgan fingerprint density at radius 1 is 1.19 bits per heavy atom. The Morgan fingerprint density at radius 2 is 1.86 bits per heavy atom. The van der Waals surface area contributed by atoms with Gasteiger partial charge in [0.25, 0.3) is 0 Å². The number of nitrogens with zero attached hydrogens (tertiary/aromatic N) is 1. The molecule has 1 atom stereocenters. The number of benzene rings is 1. The first-order valence-corrected chi connectivity index (χ1v) is 7.25. The van der Waals surface area contributed by atoms with Gasteiger partial charge < -0.3 is 9.47 Å². The van der Waals surface area contributed by atoms with Crippen LogP contribution in [0.3, 0.4) is 0 Å². The van der Waals surface area contributed by atoms with Crippen LogP contribution in [0.1, 0.15) is 17.3 Å². The summed E-state index contributed by atoms with van der Waals surface area (Å²) >= 11 is 3.38. The molecule has 21 heavy (non-hydrogen) atoms. The molecular weight excluding hydrogens is 334 g/mol. The van der Waals surface area contributed by atoms with Crippen LogP contribution in [0.5, 0.6) is 11.5 Å². The molecular formula is C15H18BrN3O2. The second-order valence-electron chi connectivity index (χ2n) is 4.54. The van der Waals surface area contributed by atoms with Gasteiger partial charge in [-0.05, 0) is 45.8 Å². The molecule has 0 fully saturated rings. The van der Waals surface area contributed by atoms with Crippen molar-refractivity contribution in [2.24, 2.45) is 5.84 Å². The number of hydrazine groups is 1. The zero-order valence-electron chi connectivity index (χ0n) is 12.0. The lowest BCUT2D eigenvalue weighted by Gasteiger charge is -2.18. The first-order chi connectivity index (χ1) is 10.2. The molecule has 0 spiro atoms. The lowest BCUT2D eigenvalue weighted by molar-refractivity contribution is 0.391. The molecule has 0 aliphatic rings. The van der Waals surface area contributed by atoms with Gasteiger partial charge in [-0.1, -0.05) is 0 Å². The molecule has 1 heterocycles. The number of halogens is 1. The number of rotatable bonds is 6. The van der Waals surface area contributed by atoms with E-state index >= 15 is 0 Å². The predicted octanol–water partition coefficient (Wildman–Crippen LogP) is 2.61. The van der Waals surface area contributed by atoms with Gasteiger partial charge in [-0.2, -0.15) is 0 Å². The van der Waals surface area contributed by atoms with Gasteiger partial charge in [0.05, 0.1) is 20.3 Å². The Hall–Kier alpha value is -1.63. The van der Waals surface area contributed by atoms with Crippen molar-refractivity contribution in [1.29, 1.82) is 0 Å². The van der Waals surface area contributed by atoms with Gasteiger partial charge in [0.2, 0.25) is 0 Å². The molecule has 1 aromatic heterocycles. The number of hydrogen-bond acceptors (Lipinski definition) is 5. The van der Waals surface area contributed by atoms with Crippen LogP contribution in [0.4, 0.5) is 0 Å². The fraction of sp³-hybridized carbons (Fsp3) is 0.267. The van der Waals surface area contributed by atoms with Crippen molar-refractivity contribution < 1.29 is 9.47 Å². The van der Waals surface area contributed by atoms with Gasteiger partial charge in [0, 0.05) is 28.9 Å². The molecule has 6 heteroatoms. The molecule has 0 bridgehead atoms. The molecule has 0 radical (unpaired) electrons. The number of pyridine rings is 1. The molecule has 5 nitrogen and oxygen atoms in total. The monoisotopic (exact) mass is 351 g/mol. The van der Waals surface area contributed by atoms with Gasteiger partial charge in [-0.3, -0.25) is 16.3 Å². The van der Waals surface area contributed by atoms with Crippen LogP contribution in [-0.4, -0.2) is 19.2 Å². The number of ether oxygens (including phenoxy) is 2. The maximum Gasteiger partial charge on any atom is 0.122 e. The SMILES string of the molecule is COc1cc(OC)cc(C(Cc2ccc(Br)cn2)NN)c1. The van der Waals surface area contributed by atoms with Crippen LogP contribution in [-0.2, 0) is 6.42 Å². The second-order valence-corrected chi connectivity index (χ2v) is 5.45. The van der Waals surface area contributed by atoms with E-state index in [0.29, 0.717) is 6.42 Å². The molecule has 1 aromatic carbocycles. The second kappa shape index (κ2) is 7.40. The molecule has 0 amide bonds. The molecule has 2 rings (SSSR count). The third-order valence-corrected chi connectivity index (χ3v) is 3.65. The Balaban J connectivity index is 2.25. The average Bonchev–Trinajstić information content (AvgIpc) is 2.53. The number of nitrogens with two attached hydrogens (primary N) is 1. The highest BCUT2D eigenvalue weighted by molar-refractivity contribution is 9.10. The van der Waals surface area contributed by atoms with E-state index in [1.165, 1.54) is 0 Å². The normalized spacial score (nSPS) is 12.0. The summed E-state index contributed by atoms with van der Waals surface area (Å²) in [4.78, 5) is 4.37. The minimum atomic E-state index is -0.0809. The zero-order chi connectivity index (χ0) is 15.2.